The lowest BCUT2D eigenvalue weighted by atomic mass is 9.99. The van der Waals surface area contributed by atoms with Crippen LogP contribution in [0.15, 0.2) is 0 Å². The molecular formula is C15H29N3O2. The Morgan fingerprint density at radius 2 is 2.15 bits per heavy atom. The van der Waals surface area contributed by atoms with Crippen LogP contribution in [0.1, 0.15) is 45.4 Å². The van der Waals surface area contributed by atoms with Crippen LogP contribution in [0, 0.1) is 0 Å². The largest absolute Gasteiger partial charge is 0.395 e. The summed E-state index contributed by atoms with van der Waals surface area (Å²) in [6, 6.07) is 0.838. The number of nitrogens with zero attached hydrogens (tertiary/aromatic N) is 2. The average molecular weight is 283 g/mol. The number of aliphatic hydroxyl groups excluding tert-OH is 1. The molecule has 2 amide bonds. The van der Waals surface area contributed by atoms with Gasteiger partial charge in [-0.15, -0.1) is 0 Å². The molecule has 2 atom stereocenters. The van der Waals surface area contributed by atoms with Gasteiger partial charge in [0, 0.05) is 31.7 Å². The minimum Gasteiger partial charge on any atom is -0.395 e. The maximum Gasteiger partial charge on any atom is 0.317 e. The highest BCUT2D eigenvalue weighted by Crippen LogP contribution is 2.27. The summed E-state index contributed by atoms with van der Waals surface area (Å²) >= 11 is 0. The van der Waals surface area contributed by atoms with Crippen LogP contribution >= 0.6 is 0 Å². The Bertz CT molecular complexity index is 311. The molecule has 2 unspecified atom stereocenters. The number of piperidine rings is 1. The molecule has 2 fully saturated rings. The Kier molecular flexibility index (Phi) is 6.10. The second-order valence-corrected chi connectivity index (χ2v) is 6.01. The van der Waals surface area contributed by atoms with Gasteiger partial charge in [0.25, 0.3) is 0 Å². The summed E-state index contributed by atoms with van der Waals surface area (Å²) in [4.78, 5) is 16.6. The molecule has 0 saturated carbocycles. The third kappa shape index (κ3) is 3.85. The third-order valence-corrected chi connectivity index (χ3v) is 4.60. The molecule has 2 N–H and O–H groups in total. The molecular weight excluding hydrogens is 254 g/mol. The first-order valence-corrected chi connectivity index (χ1v) is 8.16. The summed E-state index contributed by atoms with van der Waals surface area (Å²) in [5.41, 5.74) is 0. The lowest BCUT2D eigenvalue weighted by molar-refractivity contribution is 0.158. The van der Waals surface area contributed by atoms with Gasteiger partial charge in [0.15, 0.2) is 0 Å². The van der Waals surface area contributed by atoms with Crippen molar-refractivity contribution in [3.8, 4) is 0 Å². The summed E-state index contributed by atoms with van der Waals surface area (Å²) in [7, 11) is 0. The number of aliphatic hydroxyl groups is 1. The van der Waals surface area contributed by atoms with E-state index >= 15 is 0 Å². The van der Waals surface area contributed by atoms with Crippen molar-refractivity contribution in [1.29, 1.82) is 0 Å². The fraction of sp³-hybridized carbons (Fsp3) is 0.933. The normalized spacial score (nSPS) is 26.3. The molecule has 5 nitrogen and oxygen atoms in total. The predicted octanol–water partition coefficient (Wildman–Crippen LogP) is 1.42. The van der Waals surface area contributed by atoms with Crippen molar-refractivity contribution in [3.63, 3.8) is 0 Å². The minimum atomic E-state index is 0.00456. The summed E-state index contributed by atoms with van der Waals surface area (Å²) < 4.78 is 0. The number of hydrogen-bond acceptors (Lipinski definition) is 3. The molecule has 0 bridgehead atoms. The van der Waals surface area contributed by atoms with E-state index in [4.69, 9.17) is 5.11 Å². The van der Waals surface area contributed by atoms with Gasteiger partial charge in [-0.05, 0) is 32.2 Å². The number of fused-ring (bicyclic) bond motifs is 1. The maximum absolute atomic E-state index is 12.4. The molecule has 2 rings (SSSR count). The molecule has 2 saturated heterocycles. The molecule has 116 valence electrons. The van der Waals surface area contributed by atoms with Crippen LogP contribution < -0.4 is 5.32 Å². The van der Waals surface area contributed by atoms with E-state index in [1.165, 1.54) is 25.8 Å². The zero-order valence-electron chi connectivity index (χ0n) is 12.7. The van der Waals surface area contributed by atoms with E-state index in [1.54, 1.807) is 4.90 Å². The van der Waals surface area contributed by atoms with Crippen LogP contribution in [0.4, 0.5) is 4.79 Å². The molecule has 0 aromatic rings. The molecule has 20 heavy (non-hydrogen) atoms. The van der Waals surface area contributed by atoms with E-state index < -0.39 is 0 Å². The Morgan fingerprint density at radius 3 is 2.90 bits per heavy atom. The van der Waals surface area contributed by atoms with Gasteiger partial charge in [-0.2, -0.15) is 0 Å². The number of carbonyl (C=O) groups excluding carboxylic acids is 1. The highest BCUT2D eigenvalue weighted by Gasteiger charge is 2.36. The van der Waals surface area contributed by atoms with Crippen LogP contribution in [0.5, 0.6) is 0 Å². The lowest BCUT2D eigenvalue weighted by Gasteiger charge is -2.33. The van der Waals surface area contributed by atoms with Crippen molar-refractivity contribution < 1.29 is 9.90 Å². The number of hydrogen-bond donors (Lipinski definition) is 2. The van der Waals surface area contributed by atoms with Crippen molar-refractivity contribution in [3.05, 3.63) is 0 Å². The van der Waals surface area contributed by atoms with E-state index in [2.05, 4.69) is 17.1 Å². The summed E-state index contributed by atoms with van der Waals surface area (Å²) in [6.07, 6.45) is 6.91. The van der Waals surface area contributed by atoms with E-state index in [0.717, 1.165) is 32.4 Å². The van der Waals surface area contributed by atoms with Gasteiger partial charge < -0.3 is 15.3 Å². The molecule has 2 heterocycles. The molecule has 0 aromatic carbocycles. The SMILES string of the molecule is CCCCN(CCO)C(=O)NC1CCN2CCCCC12. The lowest BCUT2D eigenvalue weighted by Crippen LogP contribution is -2.51. The Morgan fingerprint density at radius 1 is 1.30 bits per heavy atom. The van der Waals surface area contributed by atoms with Crippen LogP contribution in [-0.4, -0.2) is 65.8 Å². The molecule has 0 spiro atoms. The van der Waals surface area contributed by atoms with Gasteiger partial charge in [0.05, 0.1) is 6.61 Å². The predicted molar refractivity (Wildman–Crippen MR) is 79.7 cm³/mol. The van der Waals surface area contributed by atoms with Crippen molar-refractivity contribution in [1.82, 2.24) is 15.1 Å². The second-order valence-electron chi connectivity index (χ2n) is 6.01. The van der Waals surface area contributed by atoms with Gasteiger partial charge in [-0.1, -0.05) is 19.8 Å². The monoisotopic (exact) mass is 283 g/mol. The van der Waals surface area contributed by atoms with E-state index in [-0.39, 0.29) is 12.6 Å². The highest BCUT2D eigenvalue weighted by atomic mass is 16.3. The van der Waals surface area contributed by atoms with Gasteiger partial charge in [-0.25, -0.2) is 4.79 Å². The Balaban J connectivity index is 1.85. The van der Waals surface area contributed by atoms with Crippen molar-refractivity contribution in [2.75, 3.05) is 32.8 Å². The van der Waals surface area contributed by atoms with Crippen LogP contribution in [0.25, 0.3) is 0 Å². The number of carbonyl (C=O) groups is 1. The molecule has 5 heteroatoms. The number of urea groups is 1. The minimum absolute atomic E-state index is 0.00456. The summed E-state index contributed by atoms with van der Waals surface area (Å²) in [5, 5.41) is 12.3. The number of rotatable bonds is 6. The standard InChI is InChI=1S/C15H29N3O2/c1-2-3-8-18(11-12-19)15(20)16-13-7-10-17-9-5-4-6-14(13)17/h13-14,19H,2-12H2,1H3,(H,16,20). The first-order chi connectivity index (χ1) is 9.76. The summed E-state index contributed by atoms with van der Waals surface area (Å²) in [6.45, 7) is 5.64. The van der Waals surface area contributed by atoms with Crippen LogP contribution in [0.2, 0.25) is 0 Å². The smallest absolute Gasteiger partial charge is 0.317 e. The van der Waals surface area contributed by atoms with Crippen molar-refractivity contribution in [2.45, 2.75) is 57.5 Å². The molecule has 2 aliphatic heterocycles. The first kappa shape index (κ1) is 15.6. The van der Waals surface area contributed by atoms with Crippen LogP contribution in [-0.2, 0) is 0 Å². The quantitative estimate of drug-likeness (QED) is 0.775. The average Bonchev–Trinajstić information content (AvgIpc) is 2.87. The molecule has 0 aliphatic carbocycles. The summed E-state index contributed by atoms with van der Waals surface area (Å²) in [5.74, 6) is 0. The zero-order valence-corrected chi connectivity index (χ0v) is 12.7. The number of nitrogens with one attached hydrogen (secondary N) is 1. The van der Waals surface area contributed by atoms with E-state index in [9.17, 15) is 4.79 Å². The maximum atomic E-state index is 12.4. The molecule has 0 radical (unpaired) electrons. The Labute approximate surface area is 122 Å². The zero-order chi connectivity index (χ0) is 14.4. The third-order valence-electron chi connectivity index (χ3n) is 4.60. The topological polar surface area (TPSA) is 55.8 Å². The molecule has 0 aromatic heterocycles. The van der Waals surface area contributed by atoms with Crippen molar-refractivity contribution >= 4 is 6.03 Å². The number of amides is 2. The Hall–Kier alpha value is -0.810. The highest BCUT2D eigenvalue weighted by molar-refractivity contribution is 5.74. The van der Waals surface area contributed by atoms with Gasteiger partial charge in [0.1, 0.15) is 0 Å². The fourth-order valence-electron chi connectivity index (χ4n) is 3.45. The first-order valence-electron chi connectivity index (χ1n) is 8.16. The van der Waals surface area contributed by atoms with Crippen LogP contribution in [0.3, 0.4) is 0 Å². The van der Waals surface area contributed by atoms with Gasteiger partial charge in [0.2, 0.25) is 0 Å². The fourth-order valence-corrected chi connectivity index (χ4v) is 3.45. The van der Waals surface area contributed by atoms with E-state index in [0.29, 0.717) is 18.6 Å². The molecule has 2 aliphatic rings. The second kappa shape index (κ2) is 7.84. The number of unbranched alkanes of at least 4 members (excludes halogenated alkanes) is 1. The van der Waals surface area contributed by atoms with Gasteiger partial charge >= 0.3 is 6.03 Å². The van der Waals surface area contributed by atoms with Crippen molar-refractivity contribution in [2.24, 2.45) is 0 Å². The van der Waals surface area contributed by atoms with Gasteiger partial charge in [-0.3, -0.25) is 4.90 Å². The van der Waals surface area contributed by atoms with E-state index in [1.807, 2.05) is 0 Å².